The van der Waals surface area contributed by atoms with Crippen LogP contribution in [0, 0.1) is 11.3 Å². The van der Waals surface area contributed by atoms with E-state index in [-0.39, 0.29) is 17.1 Å². The molecule has 0 aliphatic rings. The van der Waals surface area contributed by atoms with Crippen molar-refractivity contribution >= 4 is 15.7 Å². The minimum absolute atomic E-state index is 0.0870. The lowest BCUT2D eigenvalue weighted by molar-refractivity contribution is 0.467. The summed E-state index contributed by atoms with van der Waals surface area (Å²) >= 11 is 0. The highest BCUT2D eigenvalue weighted by molar-refractivity contribution is 7.89. The highest BCUT2D eigenvalue weighted by Crippen LogP contribution is 2.22. The van der Waals surface area contributed by atoms with Crippen molar-refractivity contribution in [3.63, 3.8) is 0 Å². The summed E-state index contributed by atoms with van der Waals surface area (Å²) in [5, 5.41) is 8.87. The van der Waals surface area contributed by atoms with Gasteiger partial charge in [0.2, 0.25) is 10.0 Å². The van der Waals surface area contributed by atoms with E-state index < -0.39 is 10.0 Å². The van der Waals surface area contributed by atoms with E-state index in [0.717, 1.165) is 5.56 Å². The molecule has 2 rings (SSSR count). The molecule has 2 N–H and O–H groups in total. The van der Waals surface area contributed by atoms with Gasteiger partial charge in [0.05, 0.1) is 17.3 Å². The van der Waals surface area contributed by atoms with Crippen LogP contribution in [0.3, 0.4) is 0 Å². The molecule has 0 fully saturated rings. The molecule has 5 nitrogen and oxygen atoms in total. The van der Waals surface area contributed by atoms with Crippen LogP contribution in [0.5, 0.6) is 0 Å². The molecular weight excluding hydrogens is 286 g/mol. The number of nitrogens with two attached hydrogens (primary N) is 1. The number of nitrogen functional groups attached to an aromatic ring is 1. The number of rotatable bonds is 4. The largest absolute Gasteiger partial charge is 0.398 e. The predicted octanol–water partition coefficient (Wildman–Crippen LogP) is 1.96. The molecule has 0 saturated carbocycles. The summed E-state index contributed by atoms with van der Waals surface area (Å²) in [5.74, 6) is 0. The summed E-state index contributed by atoms with van der Waals surface area (Å²) in [4.78, 5) is 0.0870. The van der Waals surface area contributed by atoms with Crippen LogP contribution in [-0.2, 0) is 16.6 Å². The van der Waals surface area contributed by atoms with Crippen molar-refractivity contribution < 1.29 is 8.42 Å². The minimum Gasteiger partial charge on any atom is -0.398 e. The van der Waals surface area contributed by atoms with E-state index >= 15 is 0 Å². The van der Waals surface area contributed by atoms with Crippen LogP contribution in [0.2, 0.25) is 0 Å². The van der Waals surface area contributed by atoms with Gasteiger partial charge in [0.25, 0.3) is 0 Å². The quantitative estimate of drug-likeness (QED) is 0.874. The summed E-state index contributed by atoms with van der Waals surface area (Å²) in [6, 6.07) is 15.2. The SMILES string of the molecule is CN(Cc1cccc(C#N)c1)S(=O)(=O)c1ccccc1N. The molecule has 0 aliphatic carbocycles. The molecule has 2 aromatic carbocycles. The molecule has 0 aliphatic heterocycles. The minimum atomic E-state index is -3.66. The maximum Gasteiger partial charge on any atom is 0.245 e. The number of hydrogen-bond acceptors (Lipinski definition) is 4. The fourth-order valence-electron chi connectivity index (χ4n) is 1.96. The van der Waals surface area contributed by atoms with Crippen molar-refractivity contribution in [1.29, 1.82) is 5.26 Å². The van der Waals surface area contributed by atoms with Gasteiger partial charge >= 0.3 is 0 Å². The summed E-state index contributed by atoms with van der Waals surface area (Å²) in [7, 11) is -2.18. The third kappa shape index (κ3) is 3.21. The van der Waals surface area contributed by atoms with Gasteiger partial charge in [0.15, 0.2) is 0 Å². The van der Waals surface area contributed by atoms with Gasteiger partial charge in [-0.2, -0.15) is 9.57 Å². The second-order valence-corrected chi connectivity index (χ2v) is 6.62. The van der Waals surface area contributed by atoms with Gasteiger partial charge < -0.3 is 5.73 Å². The van der Waals surface area contributed by atoms with Crippen molar-refractivity contribution in [3.8, 4) is 6.07 Å². The Morgan fingerprint density at radius 2 is 1.90 bits per heavy atom. The highest BCUT2D eigenvalue weighted by Gasteiger charge is 2.22. The first kappa shape index (κ1) is 15.0. The summed E-state index contributed by atoms with van der Waals surface area (Å²) in [5.41, 5.74) is 7.20. The molecule has 0 heterocycles. The number of para-hydroxylation sites is 1. The third-order valence-corrected chi connectivity index (χ3v) is 4.95. The van der Waals surface area contributed by atoms with Gasteiger partial charge in [-0.3, -0.25) is 0 Å². The molecule has 6 heteroatoms. The van der Waals surface area contributed by atoms with E-state index in [2.05, 4.69) is 0 Å². The van der Waals surface area contributed by atoms with Gasteiger partial charge in [-0.25, -0.2) is 8.42 Å². The normalized spacial score (nSPS) is 11.3. The molecular formula is C15H15N3O2S. The molecule has 0 bridgehead atoms. The standard InChI is InChI=1S/C15H15N3O2S/c1-18(11-13-6-4-5-12(9-13)10-16)21(19,20)15-8-3-2-7-14(15)17/h2-9H,11,17H2,1H3. The number of nitrogens with zero attached hydrogens (tertiary/aromatic N) is 2. The van der Waals surface area contributed by atoms with Crippen LogP contribution in [0.25, 0.3) is 0 Å². The van der Waals surface area contributed by atoms with Crippen molar-refractivity contribution in [1.82, 2.24) is 4.31 Å². The molecule has 108 valence electrons. The van der Waals surface area contributed by atoms with Crippen LogP contribution in [-0.4, -0.2) is 19.8 Å². The van der Waals surface area contributed by atoms with Crippen LogP contribution in [0.15, 0.2) is 53.4 Å². The van der Waals surface area contributed by atoms with Gasteiger partial charge in [-0.15, -0.1) is 0 Å². The van der Waals surface area contributed by atoms with Crippen molar-refractivity contribution in [2.45, 2.75) is 11.4 Å². The van der Waals surface area contributed by atoms with Gasteiger partial charge in [0.1, 0.15) is 4.90 Å². The Morgan fingerprint density at radius 3 is 2.57 bits per heavy atom. The van der Waals surface area contributed by atoms with Crippen LogP contribution >= 0.6 is 0 Å². The molecule has 0 atom stereocenters. The van der Waals surface area contributed by atoms with E-state index in [9.17, 15) is 8.42 Å². The summed E-state index contributed by atoms with van der Waals surface area (Å²) in [6.07, 6.45) is 0. The van der Waals surface area contributed by atoms with Gasteiger partial charge in [-0.05, 0) is 29.8 Å². The Labute approximate surface area is 124 Å². The first-order valence-electron chi connectivity index (χ1n) is 6.25. The lowest BCUT2D eigenvalue weighted by atomic mass is 10.1. The predicted molar refractivity (Wildman–Crippen MR) is 80.7 cm³/mol. The molecule has 0 radical (unpaired) electrons. The van der Waals surface area contributed by atoms with Gasteiger partial charge in [-0.1, -0.05) is 24.3 Å². The number of sulfonamides is 1. The molecule has 0 unspecified atom stereocenters. The number of hydrogen-bond donors (Lipinski definition) is 1. The number of benzene rings is 2. The fourth-order valence-corrected chi connectivity index (χ4v) is 3.24. The van der Waals surface area contributed by atoms with E-state index in [1.165, 1.54) is 17.4 Å². The van der Waals surface area contributed by atoms with Crippen molar-refractivity contribution in [2.75, 3.05) is 12.8 Å². The smallest absolute Gasteiger partial charge is 0.245 e. The van der Waals surface area contributed by atoms with E-state index in [1.54, 1.807) is 42.5 Å². The average Bonchev–Trinajstić information content (AvgIpc) is 2.47. The maximum atomic E-state index is 12.5. The molecule has 21 heavy (non-hydrogen) atoms. The second-order valence-electron chi connectivity index (χ2n) is 4.61. The van der Waals surface area contributed by atoms with Gasteiger partial charge in [0, 0.05) is 13.6 Å². The Morgan fingerprint density at radius 1 is 1.19 bits per heavy atom. The lowest BCUT2D eigenvalue weighted by Gasteiger charge is -2.18. The Bertz CT molecular complexity index is 795. The van der Waals surface area contributed by atoms with E-state index in [4.69, 9.17) is 11.0 Å². The molecule has 0 saturated heterocycles. The zero-order chi connectivity index (χ0) is 15.5. The van der Waals surface area contributed by atoms with E-state index in [1.807, 2.05) is 6.07 Å². The zero-order valence-electron chi connectivity index (χ0n) is 11.5. The maximum absolute atomic E-state index is 12.5. The number of nitriles is 1. The average molecular weight is 301 g/mol. The summed E-state index contributed by atoms with van der Waals surface area (Å²) < 4.78 is 26.2. The summed E-state index contributed by atoms with van der Waals surface area (Å²) in [6.45, 7) is 0.173. The van der Waals surface area contributed by atoms with Crippen LogP contribution in [0.1, 0.15) is 11.1 Å². The first-order valence-corrected chi connectivity index (χ1v) is 7.69. The van der Waals surface area contributed by atoms with Crippen LogP contribution in [0.4, 0.5) is 5.69 Å². The second kappa shape index (κ2) is 5.95. The molecule has 0 spiro atoms. The van der Waals surface area contributed by atoms with Crippen molar-refractivity contribution in [3.05, 3.63) is 59.7 Å². The molecule has 0 aromatic heterocycles. The Balaban J connectivity index is 2.29. The van der Waals surface area contributed by atoms with E-state index in [0.29, 0.717) is 5.56 Å². The Kier molecular flexibility index (Phi) is 4.26. The monoisotopic (exact) mass is 301 g/mol. The zero-order valence-corrected chi connectivity index (χ0v) is 12.3. The van der Waals surface area contributed by atoms with Crippen LogP contribution < -0.4 is 5.73 Å². The number of anilines is 1. The lowest BCUT2D eigenvalue weighted by Crippen LogP contribution is -2.27. The van der Waals surface area contributed by atoms with Crippen molar-refractivity contribution in [2.24, 2.45) is 0 Å². The highest BCUT2D eigenvalue weighted by atomic mass is 32.2. The Hall–Kier alpha value is -2.36. The molecule has 2 aromatic rings. The topological polar surface area (TPSA) is 87.2 Å². The first-order chi connectivity index (χ1) is 9.95. The fraction of sp³-hybridized carbons (Fsp3) is 0.133. The third-order valence-electron chi connectivity index (χ3n) is 3.07. The molecule has 0 amide bonds.